The maximum atomic E-state index is 11.2. The van der Waals surface area contributed by atoms with Gasteiger partial charge in [-0.1, -0.05) is 24.3 Å². The average molecular weight is 189 g/mol. The number of hydrogen-bond acceptors (Lipinski definition) is 2. The minimum Gasteiger partial charge on any atom is -0.366 e. The van der Waals surface area contributed by atoms with Crippen LogP contribution in [0.1, 0.15) is 17.2 Å². The van der Waals surface area contributed by atoms with E-state index in [0.29, 0.717) is 0 Å². The van der Waals surface area contributed by atoms with Crippen molar-refractivity contribution in [2.75, 3.05) is 6.61 Å². The molecule has 1 fully saturated rings. The van der Waals surface area contributed by atoms with E-state index in [9.17, 15) is 4.79 Å². The molecule has 2 atom stereocenters. The minimum absolute atomic E-state index is 0.0112. The first kappa shape index (κ1) is 8.00. The third kappa shape index (κ3) is 1.06. The largest absolute Gasteiger partial charge is 0.366 e. The van der Waals surface area contributed by atoms with Crippen molar-refractivity contribution in [3.63, 3.8) is 0 Å². The lowest BCUT2D eigenvalue weighted by Crippen LogP contribution is -2.43. The van der Waals surface area contributed by atoms with Crippen molar-refractivity contribution >= 4 is 5.91 Å². The summed E-state index contributed by atoms with van der Waals surface area (Å²) in [5, 5.41) is 2.97. The predicted molar refractivity (Wildman–Crippen MR) is 50.8 cm³/mol. The Hall–Kier alpha value is -1.35. The van der Waals surface area contributed by atoms with Crippen molar-refractivity contribution in [1.29, 1.82) is 0 Å². The molecular weight excluding hydrogens is 178 g/mol. The molecule has 1 aromatic carbocycles. The third-order valence-corrected chi connectivity index (χ3v) is 2.93. The molecule has 3 rings (SSSR count). The number of carbonyl (C=O) groups excluding carboxylic acids is 1. The summed E-state index contributed by atoms with van der Waals surface area (Å²) in [5.41, 5.74) is 2.51. The molecule has 0 spiro atoms. The number of ether oxygens (including phenoxy) is 1. The molecule has 1 saturated heterocycles. The predicted octanol–water partition coefficient (Wildman–Crippen LogP) is 0.799. The molecule has 72 valence electrons. The average Bonchev–Trinajstić information content (AvgIpc) is 2.56. The van der Waals surface area contributed by atoms with Gasteiger partial charge in [-0.3, -0.25) is 4.79 Å². The van der Waals surface area contributed by atoms with Crippen LogP contribution in [-0.2, 0) is 16.0 Å². The molecule has 1 aliphatic carbocycles. The van der Waals surface area contributed by atoms with Crippen molar-refractivity contribution in [1.82, 2.24) is 5.32 Å². The first-order chi connectivity index (χ1) is 6.84. The van der Waals surface area contributed by atoms with E-state index < -0.39 is 0 Å². The van der Waals surface area contributed by atoms with Crippen LogP contribution in [0.3, 0.4) is 0 Å². The van der Waals surface area contributed by atoms with Gasteiger partial charge in [0.05, 0.1) is 12.1 Å². The van der Waals surface area contributed by atoms with E-state index in [0.717, 1.165) is 6.42 Å². The van der Waals surface area contributed by atoms with Crippen LogP contribution in [-0.4, -0.2) is 18.6 Å². The molecule has 0 saturated carbocycles. The summed E-state index contributed by atoms with van der Waals surface area (Å²) in [6, 6.07) is 8.27. The fraction of sp³-hybridized carbons (Fsp3) is 0.364. The summed E-state index contributed by atoms with van der Waals surface area (Å²) in [4.78, 5) is 11.2. The summed E-state index contributed by atoms with van der Waals surface area (Å²) < 4.78 is 5.48. The zero-order valence-electron chi connectivity index (χ0n) is 7.69. The Kier molecular flexibility index (Phi) is 1.61. The van der Waals surface area contributed by atoms with Gasteiger partial charge in [0, 0.05) is 6.42 Å². The van der Waals surface area contributed by atoms with Gasteiger partial charge in [0.15, 0.2) is 0 Å². The maximum absolute atomic E-state index is 11.2. The van der Waals surface area contributed by atoms with Crippen molar-refractivity contribution < 1.29 is 9.53 Å². The summed E-state index contributed by atoms with van der Waals surface area (Å²) in [6.45, 7) is 0.204. The first-order valence-electron chi connectivity index (χ1n) is 4.83. The van der Waals surface area contributed by atoms with Gasteiger partial charge in [-0.25, -0.2) is 0 Å². The van der Waals surface area contributed by atoms with Gasteiger partial charge >= 0.3 is 0 Å². The number of rotatable bonds is 0. The maximum Gasteiger partial charge on any atom is 0.246 e. The highest BCUT2D eigenvalue weighted by Crippen LogP contribution is 2.34. The van der Waals surface area contributed by atoms with E-state index in [1.165, 1.54) is 11.1 Å². The van der Waals surface area contributed by atoms with Gasteiger partial charge in [-0.2, -0.15) is 0 Å². The molecule has 0 bridgehead atoms. The fourth-order valence-corrected chi connectivity index (χ4v) is 2.28. The number of hydrogen-bond donors (Lipinski definition) is 1. The highest BCUT2D eigenvalue weighted by atomic mass is 16.5. The van der Waals surface area contributed by atoms with Gasteiger partial charge < -0.3 is 10.1 Å². The van der Waals surface area contributed by atoms with Gasteiger partial charge in [0.25, 0.3) is 0 Å². The zero-order valence-corrected chi connectivity index (χ0v) is 7.69. The highest BCUT2D eigenvalue weighted by Gasteiger charge is 2.37. The monoisotopic (exact) mass is 189 g/mol. The van der Waals surface area contributed by atoms with E-state index >= 15 is 0 Å². The zero-order chi connectivity index (χ0) is 9.54. The lowest BCUT2D eigenvalue weighted by Gasteiger charge is -2.27. The van der Waals surface area contributed by atoms with E-state index in [1.807, 2.05) is 12.1 Å². The Morgan fingerprint density at radius 3 is 3.14 bits per heavy atom. The molecule has 14 heavy (non-hydrogen) atoms. The molecule has 1 N–H and O–H groups in total. The Morgan fingerprint density at radius 1 is 1.36 bits per heavy atom. The summed E-state index contributed by atoms with van der Waals surface area (Å²) in [5.74, 6) is -0.0112. The molecule has 0 radical (unpaired) electrons. The van der Waals surface area contributed by atoms with Gasteiger partial charge in [-0.15, -0.1) is 0 Å². The van der Waals surface area contributed by atoms with E-state index in [1.54, 1.807) is 0 Å². The molecule has 0 aromatic heterocycles. The number of amides is 1. The van der Waals surface area contributed by atoms with Gasteiger partial charge in [0.2, 0.25) is 5.91 Å². The van der Waals surface area contributed by atoms with E-state index in [4.69, 9.17) is 4.74 Å². The van der Waals surface area contributed by atoms with Crippen LogP contribution in [0.2, 0.25) is 0 Å². The first-order valence-corrected chi connectivity index (χ1v) is 4.83. The molecule has 2 unspecified atom stereocenters. The Labute approximate surface area is 82.1 Å². The Bertz CT molecular complexity index is 389. The van der Waals surface area contributed by atoms with Crippen molar-refractivity contribution in [3.8, 4) is 0 Å². The molecule has 1 heterocycles. The molecule has 2 aliphatic rings. The van der Waals surface area contributed by atoms with Crippen LogP contribution >= 0.6 is 0 Å². The van der Waals surface area contributed by atoms with Gasteiger partial charge in [0.1, 0.15) is 6.61 Å². The SMILES string of the molecule is O=C1COC2Cc3ccccc3C2N1. The van der Waals surface area contributed by atoms with Crippen molar-refractivity contribution in [2.45, 2.75) is 18.6 Å². The van der Waals surface area contributed by atoms with Gasteiger partial charge in [-0.05, 0) is 11.1 Å². The molecule has 3 nitrogen and oxygen atoms in total. The van der Waals surface area contributed by atoms with E-state index in [-0.39, 0.29) is 24.7 Å². The van der Waals surface area contributed by atoms with Crippen molar-refractivity contribution in [3.05, 3.63) is 35.4 Å². The van der Waals surface area contributed by atoms with Crippen LogP contribution in [0.15, 0.2) is 24.3 Å². The fourth-order valence-electron chi connectivity index (χ4n) is 2.28. The van der Waals surface area contributed by atoms with Crippen LogP contribution in [0.5, 0.6) is 0 Å². The quantitative estimate of drug-likeness (QED) is 0.655. The number of carbonyl (C=O) groups is 1. The smallest absolute Gasteiger partial charge is 0.246 e. The Morgan fingerprint density at radius 2 is 2.21 bits per heavy atom. The highest BCUT2D eigenvalue weighted by molar-refractivity contribution is 5.78. The second-order valence-corrected chi connectivity index (χ2v) is 3.80. The normalized spacial score (nSPS) is 29.3. The third-order valence-electron chi connectivity index (χ3n) is 2.93. The topological polar surface area (TPSA) is 38.3 Å². The molecule has 1 aliphatic heterocycles. The lowest BCUT2D eigenvalue weighted by molar-refractivity contribution is -0.136. The number of nitrogens with one attached hydrogen (secondary N) is 1. The minimum atomic E-state index is -0.0112. The van der Waals surface area contributed by atoms with Crippen LogP contribution in [0.4, 0.5) is 0 Å². The van der Waals surface area contributed by atoms with Crippen LogP contribution in [0, 0.1) is 0 Å². The van der Waals surface area contributed by atoms with Crippen molar-refractivity contribution in [2.24, 2.45) is 0 Å². The van der Waals surface area contributed by atoms with E-state index in [2.05, 4.69) is 17.4 Å². The van der Waals surface area contributed by atoms with Crippen LogP contribution in [0.25, 0.3) is 0 Å². The summed E-state index contributed by atoms with van der Waals surface area (Å²) in [7, 11) is 0. The summed E-state index contributed by atoms with van der Waals surface area (Å²) in [6.07, 6.45) is 1.06. The standard InChI is InChI=1S/C11H11NO2/c13-10-6-14-9-5-7-3-1-2-4-8(7)11(9)12-10/h1-4,9,11H,5-6H2,(H,12,13). The number of fused-ring (bicyclic) bond motifs is 3. The number of morpholine rings is 1. The Balaban J connectivity index is 2.00. The number of benzene rings is 1. The molecule has 3 heteroatoms. The molecular formula is C11H11NO2. The second-order valence-electron chi connectivity index (χ2n) is 3.80. The second kappa shape index (κ2) is 2.82. The van der Waals surface area contributed by atoms with Crippen LogP contribution < -0.4 is 5.32 Å². The summed E-state index contributed by atoms with van der Waals surface area (Å²) >= 11 is 0. The lowest BCUT2D eigenvalue weighted by atomic mass is 10.1. The molecule has 1 aromatic rings. The molecule has 1 amide bonds.